The molecule has 0 atom stereocenters. The molecule has 2 aromatic rings. The van der Waals surface area contributed by atoms with Crippen LogP contribution in [0, 0.1) is 0 Å². The fourth-order valence-corrected chi connectivity index (χ4v) is 2.89. The number of nitrogens with zero attached hydrogens (tertiary/aromatic N) is 3. The maximum absolute atomic E-state index is 5.39. The van der Waals surface area contributed by atoms with Crippen molar-refractivity contribution in [3.63, 3.8) is 0 Å². The molecule has 3 rings (SSSR count). The third kappa shape index (κ3) is 4.11. The molecule has 0 saturated carbocycles. The van der Waals surface area contributed by atoms with E-state index in [4.69, 9.17) is 9.47 Å². The van der Waals surface area contributed by atoms with Crippen LogP contribution in [0.5, 0.6) is 5.75 Å². The van der Waals surface area contributed by atoms with Gasteiger partial charge in [0.15, 0.2) is 0 Å². The van der Waals surface area contributed by atoms with E-state index in [2.05, 4.69) is 36.1 Å². The maximum atomic E-state index is 5.39. The van der Waals surface area contributed by atoms with Crippen LogP contribution >= 0.6 is 15.9 Å². The van der Waals surface area contributed by atoms with Crippen LogP contribution in [0.4, 0.5) is 11.6 Å². The summed E-state index contributed by atoms with van der Waals surface area (Å²) in [6.07, 6.45) is 1.59. The molecule has 1 N–H and O–H groups in total. The molecule has 6 nitrogen and oxygen atoms in total. The number of ether oxygens (including phenoxy) is 2. The van der Waals surface area contributed by atoms with Gasteiger partial charge in [-0.2, -0.15) is 0 Å². The van der Waals surface area contributed by atoms with E-state index in [1.54, 1.807) is 13.4 Å². The van der Waals surface area contributed by atoms with Crippen LogP contribution in [0.3, 0.4) is 0 Å². The standard InChI is InChI=1S/C16H19BrN4O2/c1-22-14-3-2-13(17)8-12(14)10-18-15-9-16(20-11-19-15)21-4-6-23-7-5-21/h2-3,8-9,11H,4-7,10H2,1H3,(H,18,19,20). The summed E-state index contributed by atoms with van der Waals surface area (Å²) in [6.45, 7) is 3.82. The molecule has 0 spiro atoms. The second-order valence-corrected chi connectivity index (χ2v) is 6.09. The van der Waals surface area contributed by atoms with Crippen LogP contribution in [-0.4, -0.2) is 43.4 Å². The first-order chi connectivity index (χ1) is 11.3. The van der Waals surface area contributed by atoms with Gasteiger partial charge in [0.2, 0.25) is 0 Å². The minimum Gasteiger partial charge on any atom is -0.496 e. The van der Waals surface area contributed by atoms with Crippen molar-refractivity contribution in [1.29, 1.82) is 0 Å². The second-order valence-electron chi connectivity index (χ2n) is 5.17. The Morgan fingerprint density at radius 2 is 2.09 bits per heavy atom. The molecule has 23 heavy (non-hydrogen) atoms. The van der Waals surface area contributed by atoms with Crippen molar-refractivity contribution in [1.82, 2.24) is 9.97 Å². The Kier molecular flexibility index (Phi) is 5.30. The molecule has 0 unspecified atom stereocenters. The van der Waals surface area contributed by atoms with E-state index < -0.39 is 0 Å². The lowest BCUT2D eigenvalue weighted by Gasteiger charge is -2.27. The highest BCUT2D eigenvalue weighted by molar-refractivity contribution is 9.10. The van der Waals surface area contributed by atoms with E-state index in [-0.39, 0.29) is 0 Å². The molecule has 2 heterocycles. The highest BCUT2D eigenvalue weighted by Gasteiger charge is 2.13. The highest BCUT2D eigenvalue weighted by atomic mass is 79.9. The van der Waals surface area contributed by atoms with Gasteiger partial charge in [-0.1, -0.05) is 15.9 Å². The normalized spacial score (nSPS) is 14.6. The smallest absolute Gasteiger partial charge is 0.134 e. The fraction of sp³-hybridized carbons (Fsp3) is 0.375. The largest absolute Gasteiger partial charge is 0.496 e. The summed E-state index contributed by atoms with van der Waals surface area (Å²) in [5, 5.41) is 3.33. The molecule has 0 bridgehead atoms. The number of nitrogens with one attached hydrogen (secondary N) is 1. The Hall–Kier alpha value is -1.86. The Morgan fingerprint density at radius 1 is 1.26 bits per heavy atom. The van der Waals surface area contributed by atoms with Crippen molar-refractivity contribution in [3.05, 3.63) is 40.6 Å². The van der Waals surface area contributed by atoms with Gasteiger partial charge in [0.1, 0.15) is 23.7 Å². The third-order valence-electron chi connectivity index (χ3n) is 3.69. The van der Waals surface area contributed by atoms with Crippen molar-refractivity contribution in [3.8, 4) is 5.75 Å². The van der Waals surface area contributed by atoms with Crippen LogP contribution in [0.1, 0.15) is 5.56 Å². The maximum Gasteiger partial charge on any atom is 0.134 e. The van der Waals surface area contributed by atoms with Gasteiger partial charge >= 0.3 is 0 Å². The lowest BCUT2D eigenvalue weighted by atomic mass is 10.2. The molecular formula is C16H19BrN4O2. The van der Waals surface area contributed by atoms with Crippen LogP contribution in [0.2, 0.25) is 0 Å². The molecule has 1 fully saturated rings. The summed E-state index contributed by atoms with van der Waals surface area (Å²) >= 11 is 3.49. The fourth-order valence-electron chi connectivity index (χ4n) is 2.48. The zero-order chi connectivity index (χ0) is 16.1. The van der Waals surface area contributed by atoms with Gasteiger partial charge in [0, 0.05) is 35.7 Å². The summed E-state index contributed by atoms with van der Waals surface area (Å²) in [6, 6.07) is 7.91. The van der Waals surface area contributed by atoms with E-state index in [0.717, 1.165) is 53.7 Å². The number of rotatable bonds is 5. The van der Waals surface area contributed by atoms with Crippen molar-refractivity contribution >= 4 is 27.6 Å². The molecule has 1 saturated heterocycles. The van der Waals surface area contributed by atoms with Crippen LogP contribution in [0.25, 0.3) is 0 Å². The van der Waals surface area contributed by atoms with E-state index in [1.807, 2.05) is 24.3 Å². The Morgan fingerprint density at radius 3 is 2.87 bits per heavy atom. The van der Waals surface area contributed by atoms with Crippen LogP contribution < -0.4 is 15.0 Å². The molecule has 0 radical (unpaired) electrons. The second kappa shape index (κ2) is 7.61. The zero-order valence-corrected chi connectivity index (χ0v) is 14.5. The topological polar surface area (TPSA) is 59.5 Å². The molecular weight excluding hydrogens is 360 g/mol. The average molecular weight is 379 g/mol. The predicted octanol–water partition coefficient (Wildman–Crippen LogP) is 2.70. The molecule has 122 valence electrons. The molecule has 1 aromatic heterocycles. The number of benzene rings is 1. The number of hydrogen-bond acceptors (Lipinski definition) is 6. The first-order valence-corrected chi connectivity index (χ1v) is 8.26. The average Bonchev–Trinajstić information content (AvgIpc) is 2.61. The van der Waals surface area contributed by atoms with Gasteiger partial charge in [-0.05, 0) is 18.2 Å². The molecule has 0 amide bonds. The van der Waals surface area contributed by atoms with Gasteiger partial charge in [-0.3, -0.25) is 0 Å². The van der Waals surface area contributed by atoms with Crippen molar-refractivity contribution in [2.75, 3.05) is 43.6 Å². The quantitative estimate of drug-likeness (QED) is 0.862. The first-order valence-electron chi connectivity index (χ1n) is 7.47. The Labute approximate surface area is 144 Å². The summed E-state index contributed by atoms with van der Waals surface area (Å²) in [4.78, 5) is 10.9. The summed E-state index contributed by atoms with van der Waals surface area (Å²) < 4.78 is 11.8. The lowest BCUT2D eigenvalue weighted by molar-refractivity contribution is 0.122. The number of hydrogen-bond donors (Lipinski definition) is 1. The molecule has 1 aliphatic heterocycles. The Balaban J connectivity index is 1.70. The van der Waals surface area contributed by atoms with E-state index in [9.17, 15) is 0 Å². The third-order valence-corrected chi connectivity index (χ3v) is 4.18. The number of anilines is 2. The number of morpholine rings is 1. The zero-order valence-electron chi connectivity index (χ0n) is 13.0. The molecule has 1 aromatic carbocycles. The van der Waals surface area contributed by atoms with Crippen molar-refractivity contribution < 1.29 is 9.47 Å². The lowest BCUT2D eigenvalue weighted by Crippen LogP contribution is -2.36. The number of aromatic nitrogens is 2. The highest BCUT2D eigenvalue weighted by Crippen LogP contribution is 2.24. The molecule has 7 heteroatoms. The van der Waals surface area contributed by atoms with Gasteiger partial charge < -0.3 is 19.7 Å². The molecule has 1 aliphatic rings. The SMILES string of the molecule is COc1ccc(Br)cc1CNc1cc(N2CCOCC2)ncn1. The van der Waals surface area contributed by atoms with Crippen LogP contribution in [0.15, 0.2) is 35.1 Å². The predicted molar refractivity (Wildman–Crippen MR) is 93.1 cm³/mol. The minimum absolute atomic E-state index is 0.627. The van der Waals surface area contributed by atoms with Crippen LogP contribution in [-0.2, 0) is 11.3 Å². The van der Waals surface area contributed by atoms with Gasteiger partial charge in [-0.25, -0.2) is 9.97 Å². The monoisotopic (exact) mass is 378 g/mol. The number of methoxy groups -OCH3 is 1. The van der Waals surface area contributed by atoms with Gasteiger partial charge in [-0.15, -0.1) is 0 Å². The van der Waals surface area contributed by atoms with Gasteiger partial charge in [0.25, 0.3) is 0 Å². The van der Waals surface area contributed by atoms with E-state index in [0.29, 0.717) is 6.54 Å². The summed E-state index contributed by atoms with van der Waals surface area (Å²) in [5.74, 6) is 2.57. The van der Waals surface area contributed by atoms with E-state index in [1.165, 1.54) is 0 Å². The van der Waals surface area contributed by atoms with Gasteiger partial charge in [0.05, 0.1) is 20.3 Å². The summed E-state index contributed by atoms with van der Waals surface area (Å²) in [7, 11) is 1.67. The summed E-state index contributed by atoms with van der Waals surface area (Å²) in [5.41, 5.74) is 1.06. The van der Waals surface area contributed by atoms with Crippen molar-refractivity contribution in [2.24, 2.45) is 0 Å². The molecule has 0 aliphatic carbocycles. The first kappa shape index (κ1) is 16.0. The minimum atomic E-state index is 0.627. The van der Waals surface area contributed by atoms with Crippen molar-refractivity contribution in [2.45, 2.75) is 6.54 Å². The number of halogens is 1. The Bertz CT molecular complexity index is 662. The van der Waals surface area contributed by atoms with E-state index >= 15 is 0 Å².